The fourth-order valence-electron chi connectivity index (χ4n) is 6.14. The van der Waals surface area contributed by atoms with Gasteiger partial charge in [-0.1, -0.05) is 112 Å². The molecule has 0 radical (unpaired) electrons. The van der Waals surface area contributed by atoms with E-state index < -0.39 is 0 Å². The second-order valence-corrected chi connectivity index (χ2v) is 18.0. The Labute approximate surface area is 195 Å². The maximum Gasteiger partial charge on any atom is 0.0896 e. The summed E-state index contributed by atoms with van der Waals surface area (Å²) in [6.45, 7) is 14.6. The molecule has 26 heavy (non-hydrogen) atoms. The molecule has 0 aromatic rings. The predicted molar refractivity (Wildman–Crippen MR) is 129 cm³/mol. The van der Waals surface area contributed by atoms with Gasteiger partial charge in [-0.15, -0.1) is 0 Å². The average molecular weight is 620 g/mol. The first-order chi connectivity index (χ1) is 11.8. The number of hydrogen-bond donors (Lipinski definition) is 0. The first-order valence-electron chi connectivity index (χ1n) is 10.5. The van der Waals surface area contributed by atoms with Gasteiger partial charge in [0.2, 0.25) is 0 Å². The molecular formula is C22H36Br4. The van der Waals surface area contributed by atoms with Crippen molar-refractivity contribution in [1.29, 1.82) is 0 Å². The highest BCUT2D eigenvalue weighted by atomic mass is 79.9. The molecule has 0 bridgehead atoms. The lowest BCUT2D eigenvalue weighted by atomic mass is 9.68. The normalized spacial score (nSPS) is 45.6. The van der Waals surface area contributed by atoms with Crippen molar-refractivity contribution in [3.05, 3.63) is 0 Å². The third-order valence-corrected chi connectivity index (χ3v) is 14.7. The minimum absolute atomic E-state index is 0.148. The Hall–Kier alpha value is 1.92. The lowest BCUT2D eigenvalue weighted by Gasteiger charge is -2.38. The van der Waals surface area contributed by atoms with Crippen LogP contribution in [-0.2, 0) is 0 Å². The summed E-state index contributed by atoms with van der Waals surface area (Å²) in [6.07, 6.45) is 8.30. The van der Waals surface area contributed by atoms with E-state index in [1.165, 1.54) is 38.5 Å². The van der Waals surface area contributed by atoms with Crippen LogP contribution >= 0.6 is 63.7 Å². The molecule has 3 fully saturated rings. The Morgan fingerprint density at radius 1 is 0.923 bits per heavy atom. The van der Waals surface area contributed by atoms with Gasteiger partial charge >= 0.3 is 0 Å². The van der Waals surface area contributed by atoms with Gasteiger partial charge in [-0.25, -0.2) is 0 Å². The van der Waals surface area contributed by atoms with Crippen LogP contribution in [0.4, 0.5) is 0 Å². The van der Waals surface area contributed by atoms with Gasteiger partial charge in [0.1, 0.15) is 0 Å². The molecule has 3 rings (SSSR count). The summed E-state index contributed by atoms with van der Waals surface area (Å²) in [6, 6.07) is 0. The van der Waals surface area contributed by atoms with Crippen LogP contribution in [0.15, 0.2) is 0 Å². The van der Waals surface area contributed by atoms with E-state index in [0.29, 0.717) is 10.8 Å². The quantitative estimate of drug-likeness (QED) is 0.260. The lowest BCUT2D eigenvalue weighted by molar-refractivity contribution is 0.126. The zero-order valence-corrected chi connectivity index (χ0v) is 23.6. The van der Waals surface area contributed by atoms with Crippen molar-refractivity contribution < 1.29 is 0 Å². The molecule has 0 aromatic heterocycles. The van der Waals surface area contributed by atoms with Gasteiger partial charge in [0, 0.05) is 0 Å². The van der Waals surface area contributed by atoms with Crippen molar-refractivity contribution >= 4 is 63.7 Å². The third kappa shape index (κ3) is 3.59. The standard InChI is InChI=1S/C22H36Br4/c1-13(2)16-8-7-14(3)11-15(16)12-18-20(6,22(18,25)26)10-9-17-19(4,5)21(17,23)24/h13-18H,7-12H2,1-6H3. The third-order valence-electron chi connectivity index (χ3n) is 8.62. The van der Waals surface area contributed by atoms with Crippen molar-refractivity contribution in [1.82, 2.24) is 0 Å². The van der Waals surface area contributed by atoms with Gasteiger partial charge < -0.3 is 0 Å². The summed E-state index contributed by atoms with van der Waals surface area (Å²) in [5, 5.41) is 0. The minimum Gasteiger partial charge on any atom is -0.0718 e. The molecule has 0 N–H and O–H groups in total. The van der Waals surface area contributed by atoms with Gasteiger partial charge in [0.25, 0.3) is 0 Å². The first kappa shape index (κ1) is 22.6. The van der Waals surface area contributed by atoms with E-state index in [-0.39, 0.29) is 6.47 Å². The average Bonchev–Trinajstić information content (AvgIpc) is 3.10. The number of rotatable bonds is 6. The molecule has 3 aliphatic carbocycles. The van der Waals surface area contributed by atoms with Gasteiger partial charge in [-0.2, -0.15) is 0 Å². The molecule has 152 valence electrons. The van der Waals surface area contributed by atoms with Crippen LogP contribution in [0.5, 0.6) is 0 Å². The topological polar surface area (TPSA) is 0 Å². The summed E-state index contributed by atoms with van der Waals surface area (Å²) in [5.41, 5.74) is 0.737. The molecule has 0 spiro atoms. The van der Waals surface area contributed by atoms with Gasteiger partial charge in [0.15, 0.2) is 0 Å². The smallest absolute Gasteiger partial charge is 0.0718 e. The van der Waals surface area contributed by atoms with Crippen LogP contribution in [0.3, 0.4) is 0 Å². The van der Waals surface area contributed by atoms with Crippen molar-refractivity contribution in [2.24, 2.45) is 46.3 Å². The Balaban J connectivity index is 1.63. The molecule has 0 nitrogen and oxygen atoms in total. The number of alkyl halides is 4. The fraction of sp³-hybridized carbons (Fsp3) is 1.00. The monoisotopic (exact) mass is 616 g/mol. The van der Waals surface area contributed by atoms with Crippen LogP contribution < -0.4 is 0 Å². The largest absolute Gasteiger partial charge is 0.0896 e. The Morgan fingerprint density at radius 2 is 1.50 bits per heavy atom. The van der Waals surface area contributed by atoms with Gasteiger partial charge in [0.05, 0.1) is 6.47 Å². The Morgan fingerprint density at radius 3 is 2.00 bits per heavy atom. The fourth-order valence-corrected chi connectivity index (χ4v) is 10.2. The SMILES string of the molecule is CC1CCC(C(C)C)C(CC2C(Br)(Br)C2(C)CCC2C(C)(C)C2(Br)Br)C1. The molecule has 6 unspecified atom stereocenters. The van der Waals surface area contributed by atoms with E-state index >= 15 is 0 Å². The number of halogens is 4. The van der Waals surface area contributed by atoms with Crippen LogP contribution in [0.1, 0.15) is 80.1 Å². The molecule has 3 aliphatic rings. The Bertz CT molecular complexity index is 524. The summed E-state index contributed by atoms with van der Waals surface area (Å²) >= 11 is 16.0. The van der Waals surface area contributed by atoms with Gasteiger partial charge in [-0.05, 0) is 78.4 Å². The van der Waals surface area contributed by atoms with E-state index in [4.69, 9.17) is 0 Å². The lowest BCUT2D eigenvalue weighted by Crippen LogP contribution is -2.28. The predicted octanol–water partition coefficient (Wildman–Crippen LogP) is 9.13. The maximum atomic E-state index is 4.09. The van der Waals surface area contributed by atoms with E-state index in [9.17, 15) is 0 Å². The van der Waals surface area contributed by atoms with E-state index in [2.05, 4.69) is 105 Å². The molecule has 4 heteroatoms. The second-order valence-electron chi connectivity index (χ2n) is 10.9. The van der Waals surface area contributed by atoms with Crippen LogP contribution in [0.2, 0.25) is 0 Å². The van der Waals surface area contributed by atoms with Crippen molar-refractivity contribution in [3.63, 3.8) is 0 Å². The summed E-state index contributed by atoms with van der Waals surface area (Å²) in [5.74, 6) is 5.05. The van der Waals surface area contributed by atoms with Crippen molar-refractivity contribution in [2.75, 3.05) is 0 Å². The van der Waals surface area contributed by atoms with Crippen LogP contribution in [0.25, 0.3) is 0 Å². The molecule has 0 heterocycles. The van der Waals surface area contributed by atoms with Crippen molar-refractivity contribution in [2.45, 2.75) is 86.5 Å². The molecule has 0 aromatic carbocycles. The maximum absolute atomic E-state index is 4.09. The minimum atomic E-state index is 0.148. The van der Waals surface area contributed by atoms with E-state index in [1.54, 1.807) is 0 Å². The van der Waals surface area contributed by atoms with E-state index in [1.807, 2.05) is 0 Å². The Kier molecular flexibility index (Phi) is 6.31. The van der Waals surface area contributed by atoms with Crippen LogP contribution in [0, 0.1) is 46.3 Å². The summed E-state index contributed by atoms with van der Waals surface area (Å²) in [4.78, 5) is 0. The highest BCUT2D eigenvalue weighted by Gasteiger charge is 2.73. The second kappa shape index (κ2) is 7.26. The molecule has 0 aliphatic heterocycles. The van der Waals surface area contributed by atoms with Crippen LogP contribution in [-0.4, -0.2) is 6.47 Å². The zero-order chi connectivity index (χ0) is 19.7. The van der Waals surface area contributed by atoms with E-state index in [0.717, 1.165) is 35.5 Å². The molecular weight excluding hydrogens is 584 g/mol. The zero-order valence-electron chi connectivity index (χ0n) is 17.2. The highest BCUT2D eigenvalue weighted by Crippen LogP contribution is 2.78. The first-order valence-corrected chi connectivity index (χ1v) is 13.7. The highest BCUT2D eigenvalue weighted by molar-refractivity contribution is 9.26. The summed E-state index contributed by atoms with van der Waals surface area (Å²) in [7, 11) is 0. The van der Waals surface area contributed by atoms with Crippen molar-refractivity contribution in [3.8, 4) is 0 Å². The molecule has 0 amide bonds. The number of hydrogen-bond acceptors (Lipinski definition) is 0. The van der Waals surface area contributed by atoms with Gasteiger partial charge in [-0.3, -0.25) is 0 Å². The molecule has 3 saturated carbocycles. The molecule has 6 atom stereocenters. The summed E-state index contributed by atoms with van der Waals surface area (Å²) < 4.78 is 0.298. The molecule has 0 saturated heterocycles.